The number of hydrogen-bond donors (Lipinski definition) is 1. The standard InChI is InChI=1S/C14H19BrN4O/c1-10(7-19-9-16-8-17-19)18-11(2)13-5-4-12(20-3)6-14(13)15/h4-6,8-11,18H,7H2,1-3H3/t10-,11-/m0/s1. The van der Waals surface area contributed by atoms with E-state index in [1.807, 2.05) is 16.8 Å². The van der Waals surface area contributed by atoms with Gasteiger partial charge in [-0.2, -0.15) is 5.10 Å². The molecule has 0 amide bonds. The monoisotopic (exact) mass is 338 g/mol. The van der Waals surface area contributed by atoms with E-state index in [9.17, 15) is 0 Å². The molecule has 0 saturated heterocycles. The van der Waals surface area contributed by atoms with E-state index in [1.165, 1.54) is 5.56 Å². The van der Waals surface area contributed by atoms with Crippen LogP contribution in [0.3, 0.4) is 0 Å². The van der Waals surface area contributed by atoms with Gasteiger partial charge in [0.2, 0.25) is 0 Å². The molecule has 0 unspecified atom stereocenters. The van der Waals surface area contributed by atoms with Crippen molar-refractivity contribution >= 4 is 15.9 Å². The van der Waals surface area contributed by atoms with E-state index >= 15 is 0 Å². The molecular weight excluding hydrogens is 320 g/mol. The van der Waals surface area contributed by atoms with Crippen LogP contribution in [0.15, 0.2) is 35.3 Å². The zero-order valence-electron chi connectivity index (χ0n) is 11.9. The number of benzene rings is 1. The zero-order chi connectivity index (χ0) is 14.5. The minimum atomic E-state index is 0.230. The van der Waals surface area contributed by atoms with Gasteiger partial charge >= 0.3 is 0 Å². The second-order valence-electron chi connectivity index (χ2n) is 4.79. The zero-order valence-corrected chi connectivity index (χ0v) is 13.5. The normalized spacial score (nSPS) is 14.0. The SMILES string of the molecule is COc1ccc([C@H](C)N[C@@H](C)Cn2cncn2)c(Br)c1. The van der Waals surface area contributed by atoms with Crippen molar-refractivity contribution in [2.75, 3.05) is 7.11 Å². The van der Waals surface area contributed by atoms with Crippen LogP contribution in [-0.2, 0) is 6.54 Å². The summed E-state index contributed by atoms with van der Waals surface area (Å²) in [6.07, 6.45) is 3.28. The van der Waals surface area contributed by atoms with Crippen LogP contribution in [0.25, 0.3) is 0 Å². The average Bonchev–Trinajstić information content (AvgIpc) is 2.90. The Balaban J connectivity index is 1.98. The highest BCUT2D eigenvalue weighted by Gasteiger charge is 2.13. The molecule has 1 aromatic heterocycles. The molecular formula is C14H19BrN4O. The molecule has 6 heteroatoms. The minimum Gasteiger partial charge on any atom is -0.497 e. The van der Waals surface area contributed by atoms with Crippen LogP contribution in [0, 0.1) is 0 Å². The first-order chi connectivity index (χ1) is 9.60. The van der Waals surface area contributed by atoms with Gasteiger partial charge in [0.25, 0.3) is 0 Å². The van der Waals surface area contributed by atoms with Crippen LogP contribution in [0.2, 0.25) is 0 Å². The Kier molecular flexibility index (Phi) is 5.14. The van der Waals surface area contributed by atoms with Gasteiger partial charge in [0, 0.05) is 16.6 Å². The van der Waals surface area contributed by atoms with Crippen molar-refractivity contribution in [2.45, 2.75) is 32.5 Å². The van der Waals surface area contributed by atoms with Crippen LogP contribution in [0.4, 0.5) is 0 Å². The fourth-order valence-corrected chi connectivity index (χ4v) is 2.86. The van der Waals surface area contributed by atoms with E-state index in [1.54, 1.807) is 19.8 Å². The van der Waals surface area contributed by atoms with Gasteiger partial charge in [0.05, 0.1) is 13.7 Å². The lowest BCUT2D eigenvalue weighted by atomic mass is 10.1. The van der Waals surface area contributed by atoms with E-state index in [4.69, 9.17) is 4.74 Å². The molecule has 1 N–H and O–H groups in total. The van der Waals surface area contributed by atoms with E-state index < -0.39 is 0 Å². The number of aromatic nitrogens is 3. The van der Waals surface area contributed by atoms with Crippen LogP contribution < -0.4 is 10.1 Å². The Morgan fingerprint density at radius 3 is 2.80 bits per heavy atom. The first-order valence-corrected chi connectivity index (χ1v) is 7.31. The van der Waals surface area contributed by atoms with Crippen molar-refractivity contribution in [1.82, 2.24) is 20.1 Å². The number of rotatable bonds is 6. The molecule has 0 bridgehead atoms. The molecule has 0 aliphatic heterocycles. The second kappa shape index (κ2) is 6.85. The van der Waals surface area contributed by atoms with Crippen molar-refractivity contribution in [3.8, 4) is 5.75 Å². The predicted octanol–water partition coefficient (Wildman–Crippen LogP) is 2.79. The van der Waals surface area contributed by atoms with E-state index in [-0.39, 0.29) is 6.04 Å². The fraction of sp³-hybridized carbons (Fsp3) is 0.429. The molecule has 0 radical (unpaired) electrons. The molecule has 0 aliphatic rings. The van der Waals surface area contributed by atoms with Crippen molar-refractivity contribution < 1.29 is 4.74 Å². The summed E-state index contributed by atoms with van der Waals surface area (Å²) in [5.41, 5.74) is 1.20. The number of nitrogens with one attached hydrogen (secondary N) is 1. The molecule has 108 valence electrons. The Labute approximate surface area is 127 Å². The van der Waals surface area contributed by atoms with Gasteiger partial charge in [-0.05, 0) is 31.5 Å². The lowest BCUT2D eigenvalue weighted by Gasteiger charge is -2.21. The van der Waals surface area contributed by atoms with E-state index in [2.05, 4.69) is 51.2 Å². The molecule has 1 aromatic carbocycles. The van der Waals surface area contributed by atoms with Crippen molar-refractivity contribution in [3.63, 3.8) is 0 Å². The summed E-state index contributed by atoms with van der Waals surface area (Å²) in [7, 11) is 1.67. The molecule has 0 aliphatic carbocycles. The number of nitrogens with zero attached hydrogens (tertiary/aromatic N) is 3. The van der Waals surface area contributed by atoms with Gasteiger partial charge in [-0.3, -0.25) is 4.68 Å². The molecule has 0 saturated carbocycles. The number of ether oxygens (including phenoxy) is 1. The maximum absolute atomic E-state index is 5.21. The van der Waals surface area contributed by atoms with E-state index in [0.29, 0.717) is 6.04 Å². The van der Waals surface area contributed by atoms with Gasteiger partial charge in [0.15, 0.2) is 0 Å². The third kappa shape index (κ3) is 3.80. The topological polar surface area (TPSA) is 52.0 Å². The number of methoxy groups -OCH3 is 1. The molecule has 0 fully saturated rings. The Morgan fingerprint density at radius 1 is 1.40 bits per heavy atom. The molecule has 5 nitrogen and oxygen atoms in total. The highest BCUT2D eigenvalue weighted by molar-refractivity contribution is 9.10. The largest absolute Gasteiger partial charge is 0.497 e. The highest BCUT2D eigenvalue weighted by atomic mass is 79.9. The molecule has 0 spiro atoms. The summed E-state index contributed by atoms with van der Waals surface area (Å²) in [6, 6.07) is 6.55. The van der Waals surface area contributed by atoms with Crippen LogP contribution >= 0.6 is 15.9 Å². The molecule has 20 heavy (non-hydrogen) atoms. The summed E-state index contributed by atoms with van der Waals surface area (Å²) in [6.45, 7) is 5.07. The average molecular weight is 339 g/mol. The number of hydrogen-bond acceptors (Lipinski definition) is 4. The van der Waals surface area contributed by atoms with Gasteiger partial charge < -0.3 is 10.1 Å². The first kappa shape index (κ1) is 15.0. The van der Waals surface area contributed by atoms with Crippen molar-refractivity contribution in [3.05, 3.63) is 40.9 Å². The third-order valence-corrected chi connectivity index (χ3v) is 3.82. The van der Waals surface area contributed by atoms with Gasteiger partial charge in [-0.25, -0.2) is 4.98 Å². The van der Waals surface area contributed by atoms with Crippen molar-refractivity contribution in [2.24, 2.45) is 0 Å². The molecule has 2 aromatic rings. The molecule has 1 heterocycles. The summed E-state index contributed by atoms with van der Waals surface area (Å²) in [5, 5.41) is 7.67. The second-order valence-corrected chi connectivity index (χ2v) is 5.65. The van der Waals surface area contributed by atoms with Crippen molar-refractivity contribution in [1.29, 1.82) is 0 Å². The smallest absolute Gasteiger partial charge is 0.137 e. The summed E-state index contributed by atoms with van der Waals surface area (Å²) >= 11 is 3.59. The van der Waals surface area contributed by atoms with Gasteiger partial charge in [-0.1, -0.05) is 22.0 Å². The minimum absolute atomic E-state index is 0.230. The lowest BCUT2D eigenvalue weighted by Crippen LogP contribution is -2.33. The van der Waals surface area contributed by atoms with E-state index in [0.717, 1.165) is 16.8 Å². The predicted molar refractivity (Wildman–Crippen MR) is 81.7 cm³/mol. The van der Waals surface area contributed by atoms with Gasteiger partial charge in [-0.15, -0.1) is 0 Å². The molecule has 2 atom stereocenters. The summed E-state index contributed by atoms with van der Waals surface area (Å²) in [4.78, 5) is 3.95. The van der Waals surface area contributed by atoms with Crippen LogP contribution in [-0.4, -0.2) is 27.9 Å². The Bertz CT molecular complexity index is 544. The first-order valence-electron chi connectivity index (χ1n) is 6.52. The van der Waals surface area contributed by atoms with Crippen LogP contribution in [0.1, 0.15) is 25.5 Å². The summed E-state index contributed by atoms with van der Waals surface area (Å²) in [5.74, 6) is 0.850. The molecule has 2 rings (SSSR count). The summed E-state index contributed by atoms with van der Waals surface area (Å²) < 4.78 is 8.08. The van der Waals surface area contributed by atoms with Crippen LogP contribution in [0.5, 0.6) is 5.75 Å². The highest BCUT2D eigenvalue weighted by Crippen LogP contribution is 2.27. The third-order valence-electron chi connectivity index (χ3n) is 3.14. The lowest BCUT2D eigenvalue weighted by molar-refractivity contribution is 0.407. The Morgan fingerprint density at radius 2 is 2.20 bits per heavy atom. The Hall–Kier alpha value is -1.40. The van der Waals surface area contributed by atoms with Gasteiger partial charge in [0.1, 0.15) is 18.4 Å². The maximum atomic E-state index is 5.21. The maximum Gasteiger partial charge on any atom is 0.137 e. The fourth-order valence-electron chi connectivity index (χ4n) is 2.16. The number of halogens is 1. The quantitative estimate of drug-likeness (QED) is 0.879.